The number of rotatable bonds is 11. The van der Waals surface area contributed by atoms with Crippen LogP contribution in [0.5, 0.6) is 0 Å². The fourth-order valence-corrected chi connectivity index (χ4v) is 4.50. The molecule has 0 aromatic rings. The summed E-state index contributed by atoms with van der Waals surface area (Å²) in [5, 5.41) is 0. The highest BCUT2D eigenvalue weighted by Gasteiger charge is 2.46. The van der Waals surface area contributed by atoms with E-state index in [9.17, 15) is 0 Å². The Labute approximate surface area is 107 Å². The lowest BCUT2D eigenvalue weighted by molar-refractivity contribution is 0.0610. The number of hydrogen-bond acceptors (Lipinski definition) is 4. The third-order valence-electron chi connectivity index (χ3n) is 2.61. The lowest BCUT2D eigenvalue weighted by Crippen LogP contribution is -2.60. The molecule has 0 spiro atoms. The van der Waals surface area contributed by atoms with E-state index < -0.39 is 8.80 Å². The van der Waals surface area contributed by atoms with Gasteiger partial charge >= 0.3 is 8.80 Å². The summed E-state index contributed by atoms with van der Waals surface area (Å²) >= 11 is 0. The van der Waals surface area contributed by atoms with Crippen molar-refractivity contribution in [2.45, 2.75) is 59.0 Å². The fraction of sp³-hybridized carbons (Fsp3) is 1.00. The van der Waals surface area contributed by atoms with Crippen molar-refractivity contribution in [2.24, 2.45) is 5.73 Å². The molecule has 0 aromatic heterocycles. The largest absolute Gasteiger partial charge is 0.518 e. The average molecular weight is 263 g/mol. The van der Waals surface area contributed by atoms with Gasteiger partial charge in [-0.25, -0.2) is 0 Å². The van der Waals surface area contributed by atoms with E-state index in [2.05, 4.69) is 6.92 Å². The van der Waals surface area contributed by atoms with Gasteiger partial charge in [0.2, 0.25) is 0 Å². The van der Waals surface area contributed by atoms with E-state index in [1.807, 2.05) is 20.8 Å². The molecule has 0 saturated heterocycles. The predicted molar refractivity (Wildman–Crippen MR) is 72.7 cm³/mol. The van der Waals surface area contributed by atoms with Crippen LogP contribution in [0.15, 0.2) is 0 Å². The Morgan fingerprint density at radius 2 is 1.35 bits per heavy atom. The van der Waals surface area contributed by atoms with E-state index >= 15 is 0 Å². The molecule has 104 valence electrons. The Balaban J connectivity index is 4.48. The Hall–Kier alpha value is 0.0569. The molecule has 4 nitrogen and oxygen atoms in total. The van der Waals surface area contributed by atoms with Gasteiger partial charge in [-0.15, -0.1) is 0 Å². The third-order valence-corrected chi connectivity index (χ3v) is 5.88. The van der Waals surface area contributed by atoms with Gasteiger partial charge in [0.25, 0.3) is 0 Å². The molecule has 0 aliphatic heterocycles. The first-order chi connectivity index (χ1) is 8.16. The molecule has 0 rings (SSSR count). The van der Waals surface area contributed by atoms with Crippen LogP contribution >= 0.6 is 0 Å². The van der Waals surface area contributed by atoms with Gasteiger partial charge in [0.05, 0.1) is 5.67 Å². The highest BCUT2D eigenvalue weighted by molar-refractivity contribution is 6.62. The van der Waals surface area contributed by atoms with E-state index in [1.54, 1.807) is 0 Å². The lowest BCUT2D eigenvalue weighted by Gasteiger charge is -2.33. The second-order valence-corrected chi connectivity index (χ2v) is 6.82. The second-order valence-electron chi connectivity index (χ2n) is 4.00. The summed E-state index contributed by atoms with van der Waals surface area (Å²) in [6.45, 7) is 9.83. The maximum atomic E-state index is 6.24. The van der Waals surface area contributed by atoms with Crippen LogP contribution < -0.4 is 5.73 Å². The van der Waals surface area contributed by atoms with Crippen molar-refractivity contribution in [3.63, 3.8) is 0 Å². The van der Waals surface area contributed by atoms with E-state index in [4.69, 9.17) is 19.0 Å². The Morgan fingerprint density at radius 3 is 1.71 bits per heavy atom. The molecule has 0 heterocycles. The van der Waals surface area contributed by atoms with Crippen LogP contribution in [0.4, 0.5) is 0 Å². The Bertz CT molecular complexity index is 164. The van der Waals surface area contributed by atoms with E-state index in [1.165, 1.54) is 12.8 Å². The van der Waals surface area contributed by atoms with Crippen LogP contribution in [0.3, 0.4) is 0 Å². The number of hydrogen-bond donors (Lipinski definition) is 1. The molecule has 2 N–H and O–H groups in total. The van der Waals surface area contributed by atoms with Crippen LogP contribution in [-0.2, 0) is 13.3 Å². The molecule has 17 heavy (non-hydrogen) atoms. The van der Waals surface area contributed by atoms with Crippen LogP contribution in [0.1, 0.15) is 53.4 Å². The van der Waals surface area contributed by atoms with Gasteiger partial charge in [0.1, 0.15) is 0 Å². The molecule has 1 unspecified atom stereocenters. The zero-order valence-electron chi connectivity index (χ0n) is 11.8. The van der Waals surface area contributed by atoms with Crippen molar-refractivity contribution in [1.82, 2.24) is 0 Å². The van der Waals surface area contributed by atoms with Gasteiger partial charge in [0, 0.05) is 19.8 Å². The van der Waals surface area contributed by atoms with Crippen molar-refractivity contribution in [1.29, 1.82) is 0 Å². The minimum atomic E-state index is -2.67. The van der Waals surface area contributed by atoms with Gasteiger partial charge in [-0.1, -0.05) is 26.2 Å². The lowest BCUT2D eigenvalue weighted by atomic mass is 10.2. The molecule has 0 aliphatic rings. The summed E-state index contributed by atoms with van der Waals surface area (Å²) in [5.41, 5.74) is 6.14. The van der Waals surface area contributed by atoms with E-state index in [0.29, 0.717) is 19.8 Å². The molecule has 0 amide bonds. The zero-order valence-corrected chi connectivity index (χ0v) is 12.8. The van der Waals surface area contributed by atoms with Crippen molar-refractivity contribution in [3.05, 3.63) is 0 Å². The van der Waals surface area contributed by atoms with Gasteiger partial charge in [-0.2, -0.15) is 0 Å². The Morgan fingerprint density at radius 1 is 0.882 bits per heavy atom. The summed E-state index contributed by atoms with van der Waals surface area (Å²) in [4.78, 5) is 0. The monoisotopic (exact) mass is 263 g/mol. The minimum absolute atomic E-state index is 0.103. The van der Waals surface area contributed by atoms with Crippen molar-refractivity contribution >= 4 is 8.80 Å². The predicted octanol–water partition coefficient (Wildman–Crippen LogP) is 2.48. The molecule has 0 fully saturated rings. The first-order valence-corrected chi connectivity index (χ1v) is 8.64. The second kappa shape index (κ2) is 10.0. The van der Waals surface area contributed by atoms with Gasteiger partial charge in [-0.3, -0.25) is 0 Å². The molecular weight excluding hydrogens is 234 g/mol. The quantitative estimate of drug-likeness (QED) is 0.459. The summed E-state index contributed by atoms with van der Waals surface area (Å²) in [7, 11) is -2.67. The summed E-state index contributed by atoms with van der Waals surface area (Å²) in [6.07, 6.45) is 4.42. The maximum absolute atomic E-state index is 6.24. The van der Waals surface area contributed by atoms with Gasteiger partial charge < -0.3 is 19.0 Å². The normalized spacial score (nSPS) is 13.9. The van der Waals surface area contributed by atoms with E-state index in [0.717, 1.165) is 12.8 Å². The van der Waals surface area contributed by atoms with Crippen molar-refractivity contribution in [2.75, 3.05) is 19.8 Å². The molecule has 5 heteroatoms. The van der Waals surface area contributed by atoms with E-state index in [-0.39, 0.29) is 5.67 Å². The highest BCUT2D eigenvalue weighted by atomic mass is 28.4. The van der Waals surface area contributed by atoms with Gasteiger partial charge in [-0.05, 0) is 27.2 Å². The van der Waals surface area contributed by atoms with Crippen LogP contribution in [0.2, 0.25) is 0 Å². The Kier molecular flexibility index (Phi) is 10.1. The van der Waals surface area contributed by atoms with Crippen LogP contribution in [-0.4, -0.2) is 34.3 Å². The van der Waals surface area contributed by atoms with Crippen LogP contribution in [0.25, 0.3) is 0 Å². The molecular formula is C12H29NO3Si. The number of unbranched alkanes of at least 4 members (excludes halogenated alkanes) is 2. The van der Waals surface area contributed by atoms with Gasteiger partial charge in [0.15, 0.2) is 0 Å². The molecule has 0 aliphatic carbocycles. The highest BCUT2D eigenvalue weighted by Crippen LogP contribution is 2.18. The smallest absolute Gasteiger partial charge is 0.373 e. The maximum Gasteiger partial charge on any atom is 0.518 e. The summed E-state index contributed by atoms with van der Waals surface area (Å²) in [6, 6.07) is 0. The van der Waals surface area contributed by atoms with Crippen molar-refractivity contribution in [3.8, 4) is 0 Å². The third kappa shape index (κ3) is 5.97. The molecule has 1 atom stereocenters. The zero-order chi connectivity index (χ0) is 13.1. The van der Waals surface area contributed by atoms with Crippen molar-refractivity contribution < 1.29 is 13.3 Å². The molecule has 0 aromatic carbocycles. The topological polar surface area (TPSA) is 53.7 Å². The van der Waals surface area contributed by atoms with Crippen LogP contribution in [0, 0.1) is 0 Å². The average Bonchev–Trinajstić information content (AvgIpc) is 2.30. The molecule has 0 radical (unpaired) electrons. The summed E-state index contributed by atoms with van der Waals surface area (Å²) in [5.74, 6) is 0. The SMILES string of the molecule is CCCCCC(N)[Si](OCC)(OCC)OCC. The standard InChI is InChI=1S/C12H29NO3Si/c1-5-9-10-11-12(13)17(14-6-2,15-7-3)16-8-4/h12H,5-11,13H2,1-4H3. The number of nitrogens with two attached hydrogens (primary N) is 1. The first kappa shape index (κ1) is 17.1. The molecule has 0 bridgehead atoms. The summed E-state index contributed by atoms with van der Waals surface area (Å²) < 4.78 is 17.3. The minimum Gasteiger partial charge on any atom is -0.373 e. The fourth-order valence-electron chi connectivity index (χ4n) is 1.84. The first-order valence-electron chi connectivity index (χ1n) is 6.84. The molecule has 0 saturated carbocycles.